The fourth-order valence-corrected chi connectivity index (χ4v) is 1.57. The van der Waals surface area contributed by atoms with Crippen molar-refractivity contribution in [2.75, 3.05) is 0 Å². The summed E-state index contributed by atoms with van der Waals surface area (Å²) >= 11 is -2.52. The van der Waals surface area contributed by atoms with Crippen molar-refractivity contribution in [2.45, 2.75) is 6.92 Å². The van der Waals surface area contributed by atoms with Crippen molar-refractivity contribution in [3.8, 4) is 0 Å². The normalized spacial score (nSPS) is 15.9. The zero-order chi connectivity index (χ0) is 11.3. The molecule has 0 fully saturated rings. The van der Waals surface area contributed by atoms with Crippen molar-refractivity contribution in [1.29, 1.82) is 0 Å². The van der Waals surface area contributed by atoms with Crippen molar-refractivity contribution in [3.63, 3.8) is 0 Å². The number of allylic oxidation sites excluding steroid dienone is 4. The van der Waals surface area contributed by atoms with Crippen LogP contribution in [-0.2, 0) is 0 Å². The van der Waals surface area contributed by atoms with E-state index in [1.54, 1.807) is 0 Å². The first-order chi connectivity index (χ1) is 6.45. The topological polar surface area (TPSA) is 0 Å². The van der Waals surface area contributed by atoms with Gasteiger partial charge in [-0.1, -0.05) is 6.58 Å². The lowest BCUT2D eigenvalue weighted by Crippen LogP contribution is -1.99. The summed E-state index contributed by atoms with van der Waals surface area (Å²) in [7, 11) is 0. The summed E-state index contributed by atoms with van der Waals surface area (Å²) < 4.78 is 60.1. The Morgan fingerprint density at radius 2 is 1.79 bits per heavy atom. The average Bonchev–Trinajstić information content (AvgIpc) is 2.15. The molecule has 0 aliphatic rings. The van der Waals surface area contributed by atoms with Gasteiger partial charge in [0.1, 0.15) is 33.5 Å². The monoisotopic (exact) mass is 324 g/mol. The Kier molecular flexibility index (Phi) is 5.82. The van der Waals surface area contributed by atoms with E-state index in [1.807, 2.05) is 0 Å². The fourth-order valence-electron chi connectivity index (χ4n) is 0.673. The molecule has 0 aromatic rings. The molecule has 0 aliphatic carbocycles. The molecule has 80 valence electrons. The van der Waals surface area contributed by atoms with Crippen molar-refractivity contribution < 1.29 is 20.4 Å². The lowest BCUT2D eigenvalue weighted by Gasteiger charge is -2.04. The molecule has 0 saturated carbocycles. The lowest BCUT2D eigenvalue weighted by molar-refractivity contribution is 0.591. The molecule has 0 unspecified atom stereocenters. The first-order valence-electron chi connectivity index (χ1n) is 3.26. The molecule has 0 aromatic heterocycles. The molecule has 0 radical (unpaired) electrons. The Morgan fingerprint density at radius 1 is 1.29 bits per heavy atom. The van der Waals surface area contributed by atoms with Crippen LogP contribution in [-0.4, -0.2) is 3.76 Å². The molecule has 0 nitrogen and oxygen atoms in total. The second kappa shape index (κ2) is 6.05. The average molecular weight is 324 g/mol. The molecule has 0 aromatic carbocycles. The van der Waals surface area contributed by atoms with Crippen LogP contribution in [0.5, 0.6) is 0 Å². The van der Waals surface area contributed by atoms with Gasteiger partial charge in [-0.05, 0) is 6.92 Å². The van der Waals surface area contributed by atoms with Gasteiger partial charge >= 0.3 is 0 Å². The number of rotatable bonds is 3. The highest BCUT2D eigenvalue weighted by atomic mass is 127. The summed E-state index contributed by atoms with van der Waals surface area (Å²) in [6.45, 7) is 3.74. The predicted octanol–water partition coefficient (Wildman–Crippen LogP) is 4.52. The lowest BCUT2D eigenvalue weighted by atomic mass is 10.1. The first-order valence-corrected chi connectivity index (χ1v) is 5.15. The van der Waals surface area contributed by atoms with Crippen LogP contribution in [0.25, 0.3) is 0 Å². The Hall–Kier alpha value is -0.530. The van der Waals surface area contributed by atoms with Gasteiger partial charge in [-0.15, -0.1) is 0 Å². The molecule has 0 bridgehead atoms. The molecular weight excluding hydrogens is 318 g/mol. The zero-order valence-corrected chi connectivity index (χ0v) is 9.21. The van der Waals surface area contributed by atoms with Crippen LogP contribution < -0.4 is 0 Å². The quantitative estimate of drug-likeness (QED) is 0.407. The number of halogens is 6. The van der Waals surface area contributed by atoms with Gasteiger partial charge in [0.2, 0.25) is 0 Å². The van der Waals surface area contributed by atoms with Gasteiger partial charge in [0.05, 0.1) is 5.57 Å². The third kappa shape index (κ3) is 3.32. The van der Waals surface area contributed by atoms with Crippen LogP contribution >= 0.6 is 21.3 Å². The van der Waals surface area contributed by atoms with Crippen LogP contribution in [0.3, 0.4) is 0 Å². The van der Waals surface area contributed by atoms with Crippen molar-refractivity contribution in [1.82, 2.24) is 0 Å². The van der Waals surface area contributed by atoms with E-state index in [0.717, 1.165) is 6.92 Å². The van der Waals surface area contributed by atoms with Gasteiger partial charge in [-0.2, -0.15) is 7.25 Å². The summed E-state index contributed by atoms with van der Waals surface area (Å²) in [6.07, 6.45) is -0.491. The molecule has 0 rings (SSSR count). The van der Waals surface area contributed by atoms with E-state index in [2.05, 4.69) is 6.58 Å². The molecule has 6 heteroatoms. The minimum absolute atomic E-state index is 0.491. The summed E-state index contributed by atoms with van der Waals surface area (Å²) in [4.78, 5) is 0. The molecule has 0 saturated heterocycles. The minimum Gasteiger partial charge on any atom is -0.212 e. The summed E-state index contributed by atoms with van der Waals surface area (Å²) in [5, 5.41) is 0. The van der Waals surface area contributed by atoms with E-state index < -0.39 is 54.2 Å². The number of hydrogen-bond acceptors (Lipinski definition) is 0. The van der Waals surface area contributed by atoms with E-state index >= 15 is 0 Å². The largest absolute Gasteiger partial charge is 0.212 e. The first kappa shape index (κ1) is 13.5. The van der Waals surface area contributed by atoms with E-state index in [0.29, 0.717) is 0 Å². The van der Waals surface area contributed by atoms with E-state index in [9.17, 15) is 20.4 Å². The molecule has 0 amide bonds. The highest BCUT2D eigenvalue weighted by molar-refractivity contribution is 14.2. The maximum absolute atomic E-state index is 12.7. The zero-order valence-electron chi connectivity index (χ0n) is 7.05. The smallest absolute Gasteiger partial charge is 0.193 e. The van der Waals surface area contributed by atoms with Gasteiger partial charge in [-0.3, -0.25) is 0 Å². The third-order valence-corrected chi connectivity index (χ3v) is 2.18. The van der Waals surface area contributed by atoms with Gasteiger partial charge in [0.25, 0.3) is 0 Å². The van der Waals surface area contributed by atoms with Crippen LogP contribution in [0.1, 0.15) is 6.92 Å². The van der Waals surface area contributed by atoms with Crippen LogP contribution in [0.4, 0.5) is 20.4 Å². The number of hydrogen-bond donors (Lipinski definition) is 0. The van der Waals surface area contributed by atoms with Gasteiger partial charge < -0.3 is 0 Å². The Balaban J connectivity index is 5.30. The Bertz CT molecular complexity index is 323. The maximum atomic E-state index is 12.7. The summed E-state index contributed by atoms with van der Waals surface area (Å²) in [5.41, 5.74) is -1.76. The minimum atomic E-state index is -2.52. The summed E-state index contributed by atoms with van der Waals surface area (Å²) in [6, 6.07) is 0. The van der Waals surface area contributed by atoms with Crippen molar-refractivity contribution in [3.05, 3.63) is 35.7 Å². The van der Waals surface area contributed by atoms with Crippen LogP contribution in [0.2, 0.25) is 0 Å². The van der Waals surface area contributed by atoms with Gasteiger partial charge in [0, 0.05) is 5.57 Å². The Morgan fingerprint density at radius 3 is 2.07 bits per heavy atom. The fraction of sp³-hybridized carbons (Fsp3) is 0.125. The van der Waals surface area contributed by atoms with Crippen molar-refractivity contribution >= 4 is 25.1 Å². The van der Waals surface area contributed by atoms with Crippen LogP contribution in [0, 0.1) is 0 Å². The van der Waals surface area contributed by atoms with E-state index in [4.69, 9.17) is 0 Å². The maximum Gasteiger partial charge on any atom is 0.193 e. The molecule has 0 aliphatic heterocycles. The molecule has 0 spiro atoms. The van der Waals surface area contributed by atoms with Crippen LogP contribution in [0.15, 0.2) is 35.7 Å². The van der Waals surface area contributed by atoms with Gasteiger partial charge in [-0.25, -0.2) is 13.2 Å². The second-order valence-electron chi connectivity index (χ2n) is 2.18. The second-order valence-corrected chi connectivity index (χ2v) is 3.53. The van der Waals surface area contributed by atoms with Gasteiger partial charge in [0.15, 0.2) is 9.59 Å². The SMILES string of the molecule is C=C(/C(F)=C/F)C(/C(F)=I/F)=C(\C)F. The van der Waals surface area contributed by atoms with E-state index in [1.165, 1.54) is 0 Å². The molecule has 0 atom stereocenters. The standard InChI is InChI=1S/C8H6F5I/c1-4(6(11)3-9)7(5(2)10)8(12)14-13/h3H,1H2,2H3/b6-3-,7-5-. The van der Waals surface area contributed by atoms with E-state index in [-0.39, 0.29) is 0 Å². The Labute approximate surface area is 88.3 Å². The van der Waals surface area contributed by atoms with Crippen molar-refractivity contribution in [2.24, 2.45) is 0 Å². The summed E-state index contributed by atoms with van der Waals surface area (Å²) in [5.74, 6) is -2.66. The third-order valence-electron chi connectivity index (χ3n) is 1.28. The highest BCUT2D eigenvalue weighted by Gasteiger charge is 2.17. The molecular formula is C8H6F5I. The highest BCUT2D eigenvalue weighted by Crippen LogP contribution is 2.27. The molecule has 14 heavy (non-hydrogen) atoms. The molecule has 0 N–H and O–H groups in total. The molecule has 0 heterocycles. The predicted molar refractivity (Wildman–Crippen MR) is 54.5 cm³/mol.